The maximum absolute atomic E-state index is 7.63. The molecule has 8 heteroatoms. The average Bonchev–Trinajstić information content (AvgIpc) is 3.21. The van der Waals surface area contributed by atoms with Gasteiger partial charge in [0.2, 0.25) is 0 Å². The van der Waals surface area contributed by atoms with Gasteiger partial charge in [-0.25, -0.2) is 4.98 Å². The van der Waals surface area contributed by atoms with Crippen LogP contribution < -0.4 is 16.0 Å². The van der Waals surface area contributed by atoms with Crippen molar-refractivity contribution in [1.29, 1.82) is 5.41 Å². The Morgan fingerprint density at radius 3 is 2.60 bits per heavy atom. The Balaban J connectivity index is 1.82. The number of hydrogen-bond donors (Lipinski definition) is 3. The Bertz CT molecular complexity index is 880. The number of nitrogens with one attached hydrogen (secondary N) is 2. The number of thioether (sulfide) groups is 1. The molecule has 0 fully saturated rings. The molecule has 3 rings (SSSR count). The Labute approximate surface area is 159 Å². The molecule has 0 aliphatic heterocycles. The normalized spacial score (nSPS) is 10.7. The second-order valence-corrected chi connectivity index (χ2v) is 8.52. The summed E-state index contributed by atoms with van der Waals surface area (Å²) in [5, 5.41) is 13.9. The van der Waals surface area contributed by atoms with E-state index in [9.17, 15) is 0 Å². The van der Waals surface area contributed by atoms with Crippen molar-refractivity contribution in [2.24, 2.45) is 5.73 Å². The molecular formula is C17H19N5S3. The van der Waals surface area contributed by atoms with Crippen molar-refractivity contribution < 1.29 is 0 Å². The lowest BCUT2D eigenvalue weighted by Crippen LogP contribution is -2.08. The van der Waals surface area contributed by atoms with Crippen LogP contribution in [0.15, 0.2) is 39.9 Å². The molecule has 0 saturated carbocycles. The van der Waals surface area contributed by atoms with Crippen molar-refractivity contribution in [3.05, 3.63) is 40.6 Å². The number of nitrogens with zero attached hydrogens (tertiary/aromatic N) is 2. The molecular weight excluding hydrogens is 370 g/mol. The first-order valence-corrected chi connectivity index (χ1v) is 10.4. The van der Waals surface area contributed by atoms with Crippen molar-refractivity contribution in [2.45, 2.75) is 4.21 Å². The summed E-state index contributed by atoms with van der Waals surface area (Å²) in [6, 6.07) is 10.2. The Hall–Kier alpha value is -2.03. The maximum atomic E-state index is 7.63. The highest BCUT2D eigenvalue weighted by molar-refractivity contribution is 8.00. The van der Waals surface area contributed by atoms with E-state index in [1.165, 1.54) is 11.3 Å². The van der Waals surface area contributed by atoms with E-state index in [-0.39, 0.29) is 5.84 Å². The van der Waals surface area contributed by atoms with E-state index < -0.39 is 0 Å². The molecule has 0 unspecified atom stereocenters. The van der Waals surface area contributed by atoms with Crippen molar-refractivity contribution in [3.63, 3.8) is 0 Å². The van der Waals surface area contributed by atoms with Crippen LogP contribution in [0, 0.1) is 5.41 Å². The zero-order valence-electron chi connectivity index (χ0n) is 14.2. The zero-order chi connectivity index (χ0) is 18.0. The van der Waals surface area contributed by atoms with Gasteiger partial charge in [-0.05, 0) is 36.6 Å². The third kappa shape index (κ3) is 3.97. The smallest absolute Gasteiger partial charge is 0.142 e. The molecule has 3 aromatic rings. The fraction of sp³-hybridized carbons (Fsp3) is 0.176. The number of amidine groups is 1. The Kier molecular flexibility index (Phi) is 5.31. The monoisotopic (exact) mass is 389 g/mol. The summed E-state index contributed by atoms with van der Waals surface area (Å²) in [6.07, 6.45) is 2.03. The van der Waals surface area contributed by atoms with Crippen LogP contribution in [0.2, 0.25) is 0 Å². The van der Waals surface area contributed by atoms with E-state index in [1.54, 1.807) is 23.1 Å². The number of rotatable bonds is 6. The van der Waals surface area contributed by atoms with Crippen LogP contribution in [0.4, 0.5) is 17.2 Å². The van der Waals surface area contributed by atoms with E-state index >= 15 is 0 Å². The van der Waals surface area contributed by atoms with Gasteiger partial charge < -0.3 is 16.0 Å². The van der Waals surface area contributed by atoms with Crippen molar-refractivity contribution >= 4 is 57.5 Å². The summed E-state index contributed by atoms with van der Waals surface area (Å²) >= 11 is 4.77. The molecule has 0 bridgehead atoms. The fourth-order valence-electron chi connectivity index (χ4n) is 2.25. The molecule has 5 nitrogen and oxygen atoms in total. The Morgan fingerprint density at radius 1 is 1.28 bits per heavy atom. The van der Waals surface area contributed by atoms with Gasteiger partial charge in [-0.1, -0.05) is 0 Å². The van der Waals surface area contributed by atoms with Gasteiger partial charge in [0.05, 0.1) is 9.09 Å². The fourth-order valence-corrected chi connectivity index (χ4v) is 4.89. The van der Waals surface area contributed by atoms with E-state index in [4.69, 9.17) is 16.1 Å². The summed E-state index contributed by atoms with van der Waals surface area (Å²) < 4.78 is 1.13. The molecule has 2 heterocycles. The molecule has 0 radical (unpaired) electrons. The number of thiophene rings is 1. The highest BCUT2D eigenvalue weighted by Crippen LogP contribution is 2.39. The topological polar surface area (TPSA) is 78.0 Å². The standard InChI is InChI=1S/C17H19N5S3/c1-22(2)11-6-4-10(5-7-11)20-14-9-24-16(21-14)12-8-13(15(18)19)25-17(12)23-3/h4-9,20H,1-3H3,(H3,18,19). The quantitative estimate of drug-likeness (QED) is 0.324. The lowest BCUT2D eigenvalue weighted by Gasteiger charge is -2.12. The minimum absolute atomic E-state index is 0.0995. The lowest BCUT2D eigenvalue weighted by atomic mass is 10.2. The van der Waals surface area contributed by atoms with Crippen LogP contribution in [0.5, 0.6) is 0 Å². The molecule has 1 aromatic carbocycles. The third-order valence-corrected chi connectivity index (χ3v) is 6.72. The van der Waals surface area contributed by atoms with E-state index in [1.807, 2.05) is 43.9 Å². The average molecular weight is 390 g/mol. The number of aromatic nitrogens is 1. The van der Waals surface area contributed by atoms with Crippen molar-refractivity contribution in [3.8, 4) is 10.6 Å². The van der Waals surface area contributed by atoms with Crippen LogP contribution in [0.25, 0.3) is 10.6 Å². The molecule has 0 amide bonds. The van der Waals surface area contributed by atoms with Crippen LogP contribution in [-0.2, 0) is 0 Å². The molecule has 130 valence electrons. The van der Waals surface area contributed by atoms with Gasteiger partial charge in [-0.3, -0.25) is 5.41 Å². The molecule has 0 aliphatic rings. The minimum Gasteiger partial charge on any atom is -0.383 e. The summed E-state index contributed by atoms with van der Waals surface area (Å²) in [7, 11) is 4.04. The number of thiazole rings is 1. The van der Waals surface area contributed by atoms with Gasteiger partial charge in [-0.15, -0.1) is 34.4 Å². The highest BCUT2D eigenvalue weighted by Gasteiger charge is 2.15. The van der Waals surface area contributed by atoms with Crippen molar-refractivity contribution in [1.82, 2.24) is 4.98 Å². The number of anilines is 3. The Morgan fingerprint density at radius 2 is 2.00 bits per heavy atom. The van der Waals surface area contributed by atoms with Crippen LogP contribution in [0.3, 0.4) is 0 Å². The first-order chi connectivity index (χ1) is 12.0. The zero-order valence-corrected chi connectivity index (χ0v) is 16.6. The predicted molar refractivity (Wildman–Crippen MR) is 112 cm³/mol. The molecule has 25 heavy (non-hydrogen) atoms. The van der Waals surface area contributed by atoms with Crippen LogP contribution in [0.1, 0.15) is 4.88 Å². The number of nitrogens with two attached hydrogens (primary N) is 1. The first kappa shape index (κ1) is 17.8. The largest absolute Gasteiger partial charge is 0.383 e. The predicted octanol–water partition coefficient (Wildman–Crippen LogP) is 4.69. The van der Waals surface area contributed by atoms with E-state index in [0.717, 1.165) is 36.9 Å². The third-order valence-electron chi connectivity index (χ3n) is 3.54. The molecule has 0 saturated heterocycles. The van der Waals surface area contributed by atoms with E-state index in [2.05, 4.69) is 22.3 Å². The summed E-state index contributed by atoms with van der Waals surface area (Å²) in [6.45, 7) is 0. The van der Waals surface area contributed by atoms with Gasteiger partial charge in [0.1, 0.15) is 16.7 Å². The molecule has 2 aromatic heterocycles. The first-order valence-electron chi connectivity index (χ1n) is 7.50. The number of benzene rings is 1. The number of hydrogen-bond acceptors (Lipinski definition) is 7. The lowest BCUT2D eigenvalue weighted by molar-refractivity contribution is 1.13. The summed E-state index contributed by atoms with van der Waals surface area (Å²) in [4.78, 5) is 7.54. The summed E-state index contributed by atoms with van der Waals surface area (Å²) in [5.74, 6) is 0.919. The molecule has 0 spiro atoms. The SMILES string of the molecule is CSc1sc(C(=N)N)cc1-c1nc(Nc2ccc(N(C)C)cc2)cs1. The van der Waals surface area contributed by atoms with Gasteiger partial charge in [-0.2, -0.15) is 0 Å². The van der Waals surface area contributed by atoms with Gasteiger partial charge >= 0.3 is 0 Å². The molecule has 4 N–H and O–H groups in total. The second-order valence-electron chi connectivity index (χ2n) is 5.53. The van der Waals surface area contributed by atoms with Crippen LogP contribution >= 0.6 is 34.4 Å². The van der Waals surface area contributed by atoms with Gasteiger partial charge in [0.15, 0.2) is 0 Å². The van der Waals surface area contributed by atoms with E-state index in [0.29, 0.717) is 0 Å². The van der Waals surface area contributed by atoms with Gasteiger partial charge in [0, 0.05) is 36.4 Å². The minimum atomic E-state index is 0.0995. The summed E-state index contributed by atoms with van der Waals surface area (Å²) in [5.41, 5.74) is 8.83. The van der Waals surface area contributed by atoms with Gasteiger partial charge in [0.25, 0.3) is 0 Å². The van der Waals surface area contributed by atoms with Crippen molar-refractivity contribution in [2.75, 3.05) is 30.6 Å². The maximum Gasteiger partial charge on any atom is 0.142 e. The molecule has 0 aliphatic carbocycles. The highest BCUT2D eigenvalue weighted by atomic mass is 32.2. The molecule has 0 atom stereocenters. The van der Waals surface area contributed by atoms with Crippen LogP contribution in [-0.4, -0.2) is 31.2 Å². The second kappa shape index (κ2) is 7.47. The number of nitrogen functional groups attached to an aromatic ring is 1.